The molecule has 0 saturated carbocycles. The molecule has 7 aromatic carbocycles. The van der Waals surface area contributed by atoms with Crippen LogP contribution in [0.3, 0.4) is 0 Å². The highest BCUT2D eigenvalue weighted by Crippen LogP contribution is 2.63. The minimum absolute atomic E-state index is 0.169. The molecule has 0 radical (unpaired) electrons. The summed E-state index contributed by atoms with van der Waals surface area (Å²) < 4.78 is 6.41. The fourth-order valence-electron chi connectivity index (χ4n) is 8.63. The van der Waals surface area contributed by atoms with Gasteiger partial charge in [-0.25, -0.2) is 0 Å². The van der Waals surface area contributed by atoms with Crippen LogP contribution in [0, 0.1) is 0 Å². The van der Waals surface area contributed by atoms with Gasteiger partial charge in [-0.3, -0.25) is 0 Å². The third kappa shape index (κ3) is 3.13. The first kappa shape index (κ1) is 25.0. The molecule has 1 aliphatic heterocycles. The smallest absolute Gasteiger partial charge is 0.131 e. The summed E-state index contributed by atoms with van der Waals surface area (Å²) in [6, 6.07) is 54.1. The summed E-state index contributed by atoms with van der Waals surface area (Å²) in [5, 5.41) is 2.56. The van der Waals surface area contributed by atoms with Gasteiger partial charge in [-0.15, -0.1) is 0 Å². The molecule has 10 rings (SSSR count). The highest BCUT2D eigenvalue weighted by atomic mass is 16.5. The average molecular weight is 575 g/mol. The molecule has 45 heavy (non-hydrogen) atoms. The van der Waals surface area contributed by atoms with Crippen LogP contribution in [0.4, 0.5) is 0 Å². The van der Waals surface area contributed by atoms with E-state index in [9.17, 15) is 0 Å². The van der Waals surface area contributed by atoms with Gasteiger partial charge in [-0.1, -0.05) is 123 Å². The lowest BCUT2D eigenvalue weighted by Gasteiger charge is -2.35. The minimum atomic E-state index is -0.382. The summed E-state index contributed by atoms with van der Waals surface area (Å²) in [5.74, 6) is 1.89. The van der Waals surface area contributed by atoms with Gasteiger partial charge >= 0.3 is 0 Å². The molecule has 0 saturated heterocycles. The molecule has 0 aromatic heterocycles. The molecule has 0 bridgehead atoms. The molecule has 0 atom stereocenters. The van der Waals surface area contributed by atoms with Crippen molar-refractivity contribution in [2.24, 2.45) is 0 Å². The van der Waals surface area contributed by atoms with E-state index in [-0.39, 0.29) is 10.8 Å². The molecule has 1 spiro atoms. The van der Waals surface area contributed by atoms with Crippen LogP contribution in [-0.4, -0.2) is 0 Å². The van der Waals surface area contributed by atoms with E-state index in [0.29, 0.717) is 0 Å². The number of hydrogen-bond donors (Lipinski definition) is 0. The van der Waals surface area contributed by atoms with E-state index in [4.69, 9.17) is 4.74 Å². The Hall–Kier alpha value is -5.40. The molecule has 0 N–H and O–H groups in total. The predicted molar refractivity (Wildman–Crippen MR) is 184 cm³/mol. The average Bonchev–Trinajstić information content (AvgIpc) is 3.54. The molecule has 0 unspecified atom stereocenters. The SMILES string of the molecule is CC1(C)c2ccccc2Oc2ccc(-c3ccc4c(c3)C3(c5ccccc5-c5ccccc53)c3cc5ccccc5cc3-4)cc21. The second kappa shape index (κ2) is 8.61. The van der Waals surface area contributed by atoms with E-state index in [0.717, 1.165) is 11.5 Å². The Balaban J connectivity index is 1.25. The van der Waals surface area contributed by atoms with Crippen molar-refractivity contribution in [3.8, 4) is 44.9 Å². The van der Waals surface area contributed by atoms with E-state index in [1.807, 2.05) is 0 Å². The Kier molecular flexibility index (Phi) is 4.78. The highest BCUT2D eigenvalue weighted by Gasteiger charge is 2.51. The van der Waals surface area contributed by atoms with Gasteiger partial charge in [0.1, 0.15) is 11.5 Å². The monoisotopic (exact) mass is 574 g/mol. The van der Waals surface area contributed by atoms with Crippen LogP contribution in [0.2, 0.25) is 0 Å². The van der Waals surface area contributed by atoms with Crippen LogP contribution in [0.25, 0.3) is 44.2 Å². The summed E-state index contributed by atoms with van der Waals surface area (Å²) in [5.41, 5.74) is 15.1. The zero-order chi connectivity index (χ0) is 29.9. The molecule has 3 aliphatic rings. The summed E-state index contributed by atoms with van der Waals surface area (Å²) in [6.07, 6.45) is 0. The van der Waals surface area contributed by atoms with Crippen LogP contribution in [0.15, 0.2) is 146 Å². The molecular formula is C44H30O. The highest BCUT2D eigenvalue weighted by molar-refractivity contribution is 6.00. The van der Waals surface area contributed by atoms with Crippen LogP contribution in [0.1, 0.15) is 47.2 Å². The van der Waals surface area contributed by atoms with E-state index >= 15 is 0 Å². The molecule has 1 heteroatoms. The number of benzene rings is 7. The van der Waals surface area contributed by atoms with Crippen LogP contribution < -0.4 is 4.74 Å². The van der Waals surface area contributed by atoms with Gasteiger partial charge in [0.05, 0.1) is 5.41 Å². The Labute approximate surface area is 263 Å². The Morgan fingerprint density at radius 2 is 0.889 bits per heavy atom. The van der Waals surface area contributed by atoms with Crippen molar-refractivity contribution in [3.05, 3.63) is 179 Å². The molecular weight excluding hydrogens is 544 g/mol. The van der Waals surface area contributed by atoms with Gasteiger partial charge < -0.3 is 4.74 Å². The summed E-state index contributed by atoms with van der Waals surface area (Å²) in [6.45, 7) is 4.62. The first-order valence-corrected chi connectivity index (χ1v) is 15.8. The number of fused-ring (bicyclic) bond motifs is 13. The van der Waals surface area contributed by atoms with Gasteiger partial charge in [0.25, 0.3) is 0 Å². The standard InChI is InChI=1S/C44H30O/c1-43(2)37-17-9-10-18-41(37)45-42-22-20-30(26-40(42)43)29-19-21-33-34-23-27-11-3-4-12-28(27)24-39(34)44(38(33)25-29)35-15-7-5-13-31(35)32-14-6-8-16-36(32)44/h3-26H,1-2H3. The second-order valence-electron chi connectivity index (χ2n) is 13.3. The normalized spacial score (nSPS) is 15.4. The van der Waals surface area contributed by atoms with Crippen LogP contribution >= 0.6 is 0 Å². The van der Waals surface area contributed by atoms with E-state index in [1.54, 1.807) is 0 Å². The molecule has 212 valence electrons. The van der Waals surface area contributed by atoms with Gasteiger partial charge in [-0.05, 0) is 103 Å². The quantitative estimate of drug-likeness (QED) is 0.189. The Morgan fingerprint density at radius 3 is 1.62 bits per heavy atom. The fraction of sp³-hybridized carbons (Fsp3) is 0.0909. The van der Waals surface area contributed by atoms with Crippen molar-refractivity contribution in [1.29, 1.82) is 0 Å². The van der Waals surface area contributed by atoms with Crippen LogP contribution in [0.5, 0.6) is 11.5 Å². The summed E-state index contributed by atoms with van der Waals surface area (Å²) in [4.78, 5) is 0. The molecule has 2 aliphatic carbocycles. The van der Waals surface area contributed by atoms with E-state index < -0.39 is 0 Å². The van der Waals surface area contributed by atoms with Crippen molar-refractivity contribution >= 4 is 10.8 Å². The maximum Gasteiger partial charge on any atom is 0.131 e. The first-order chi connectivity index (χ1) is 22.0. The second-order valence-corrected chi connectivity index (χ2v) is 13.3. The largest absolute Gasteiger partial charge is 0.457 e. The Morgan fingerprint density at radius 1 is 0.378 bits per heavy atom. The molecule has 7 aromatic rings. The van der Waals surface area contributed by atoms with Crippen molar-refractivity contribution < 1.29 is 4.74 Å². The van der Waals surface area contributed by atoms with Crippen molar-refractivity contribution in [2.45, 2.75) is 24.7 Å². The number of rotatable bonds is 1. The number of hydrogen-bond acceptors (Lipinski definition) is 1. The summed E-state index contributed by atoms with van der Waals surface area (Å²) >= 11 is 0. The zero-order valence-electron chi connectivity index (χ0n) is 25.3. The topological polar surface area (TPSA) is 9.23 Å². The van der Waals surface area contributed by atoms with E-state index in [2.05, 4.69) is 159 Å². The van der Waals surface area contributed by atoms with Crippen molar-refractivity contribution in [2.75, 3.05) is 0 Å². The third-order valence-corrected chi connectivity index (χ3v) is 10.7. The molecule has 0 fully saturated rings. The van der Waals surface area contributed by atoms with Gasteiger partial charge in [0, 0.05) is 16.5 Å². The number of para-hydroxylation sites is 1. The number of ether oxygens (including phenoxy) is 1. The predicted octanol–water partition coefficient (Wildman–Crippen LogP) is 11.3. The molecule has 1 heterocycles. The maximum atomic E-state index is 6.41. The van der Waals surface area contributed by atoms with Crippen molar-refractivity contribution in [1.82, 2.24) is 0 Å². The first-order valence-electron chi connectivity index (χ1n) is 15.8. The fourth-order valence-corrected chi connectivity index (χ4v) is 8.63. The molecule has 0 amide bonds. The minimum Gasteiger partial charge on any atom is -0.457 e. The van der Waals surface area contributed by atoms with Crippen LogP contribution in [-0.2, 0) is 10.8 Å². The third-order valence-electron chi connectivity index (χ3n) is 10.7. The van der Waals surface area contributed by atoms with Gasteiger partial charge in [0.15, 0.2) is 0 Å². The maximum absolute atomic E-state index is 6.41. The van der Waals surface area contributed by atoms with Crippen molar-refractivity contribution in [3.63, 3.8) is 0 Å². The summed E-state index contributed by atoms with van der Waals surface area (Å²) in [7, 11) is 0. The van der Waals surface area contributed by atoms with Gasteiger partial charge in [-0.2, -0.15) is 0 Å². The zero-order valence-corrected chi connectivity index (χ0v) is 25.3. The Bertz CT molecular complexity index is 2340. The lowest BCUT2D eigenvalue weighted by molar-refractivity contribution is 0.418. The van der Waals surface area contributed by atoms with E-state index in [1.165, 1.54) is 77.5 Å². The lowest BCUT2D eigenvalue weighted by Crippen LogP contribution is -2.26. The van der Waals surface area contributed by atoms with Gasteiger partial charge in [0.2, 0.25) is 0 Å². The lowest BCUT2D eigenvalue weighted by atomic mass is 9.70. The molecule has 1 nitrogen and oxygen atoms in total.